The van der Waals surface area contributed by atoms with E-state index in [1.807, 2.05) is 0 Å². The summed E-state index contributed by atoms with van der Waals surface area (Å²) in [7, 11) is 0. The van der Waals surface area contributed by atoms with Crippen LogP contribution in [0.2, 0.25) is 0 Å². The number of hydrogen-bond acceptors (Lipinski definition) is 5. The van der Waals surface area contributed by atoms with Crippen LogP contribution in [0.5, 0.6) is 0 Å². The van der Waals surface area contributed by atoms with E-state index < -0.39 is 36.7 Å². The van der Waals surface area contributed by atoms with Crippen LogP contribution in [0.25, 0.3) is 0 Å². The van der Waals surface area contributed by atoms with Gasteiger partial charge in [-0.3, -0.25) is 4.79 Å². The molecule has 3 atom stereocenters. The molecule has 0 aromatic heterocycles. The fourth-order valence-electron chi connectivity index (χ4n) is 0.799. The number of carboxylic acids is 2. The number of rotatable bonds is 6. The van der Waals surface area contributed by atoms with E-state index in [1.165, 1.54) is 0 Å². The van der Waals surface area contributed by atoms with Gasteiger partial charge < -0.3 is 25.5 Å². The second-order valence-corrected chi connectivity index (χ2v) is 2.77. The number of hydrogen-bond donors (Lipinski definition) is 5. The van der Waals surface area contributed by atoms with Crippen LogP contribution >= 0.6 is 0 Å². The molecule has 14 heavy (non-hydrogen) atoms. The van der Waals surface area contributed by atoms with Gasteiger partial charge in [-0.15, -0.1) is 0 Å². The molecule has 0 rings (SSSR count). The number of carboxylic acid groups (broad SMARTS) is 2. The van der Waals surface area contributed by atoms with Crippen LogP contribution in [-0.2, 0) is 9.59 Å². The van der Waals surface area contributed by atoms with Crippen LogP contribution in [0.4, 0.5) is 0 Å². The molecule has 82 valence electrons. The Balaban J connectivity index is 4.04. The molecule has 0 bridgehead atoms. The lowest BCUT2D eigenvalue weighted by Gasteiger charge is -2.19. The molecule has 0 saturated carbocycles. The summed E-state index contributed by atoms with van der Waals surface area (Å²) in [5.41, 5.74) is 0. The molecule has 0 radical (unpaired) electrons. The Morgan fingerprint density at radius 2 is 1.57 bits per heavy atom. The van der Waals surface area contributed by atoms with Crippen molar-refractivity contribution in [3.8, 4) is 0 Å². The quantitative estimate of drug-likeness (QED) is 0.341. The van der Waals surface area contributed by atoms with Crippen molar-refractivity contribution in [3.63, 3.8) is 0 Å². The number of aliphatic hydroxyl groups excluding tert-OH is 3. The molecular weight excluding hydrogens is 196 g/mol. The fourth-order valence-corrected chi connectivity index (χ4v) is 0.799. The van der Waals surface area contributed by atoms with Crippen LogP contribution in [0.1, 0.15) is 12.8 Å². The molecule has 0 amide bonds. The summed E-state index contributed by atoms with van der Waals surface area (Å²) in [6.45, 7) is 0. The molecule has 0 aliphatic heterocycles. The van der Waals surface area contributed by atoms with Gasteiger partial charge in [-0.05, 0) is 6.42 Å². The first-order valence-corrected chi connectivity index (χ1v) is 3.85. The molecule has 3 unspecified atom stereocenters. The van der Waals surface area contributed by atoms with E-state index in [-0.39, 0.29) is 6.42 Å². The minimum atomic E-state index is -2.11. The highest BCUT2D eigenvalue weighted by Gasteiger charge is 2.29. The summed E-state index contributed by atoms with van der Waals surface area (Å²) in [6, 6.07) is 0. The van der Waals surface area contributed by atoms with Crippen molar-refractivity contribution in [1.82, 2.24) is 0 Å². The number of carbonyl (C=O) groups is 2. The zero-order valence-electron chi connectivity index (χ0n) is 7.20. The average molecular weight is 208 g/mol. The third kappa shape index (κ3) is 4.17. The van der Waals surface area contributed by atoms with Gasteiger partial charge >= 0.3 is 11.9 Å². The van der Waals surface area contributed by atoms with Crippen molar-refractivity contribution in [2.45, 2.75) is 31.2 Å². The number of aliphatic carboxylic acids is 2. The van der Waals surface area contributed by atoms with Crippen molar-refractivity contribution in [3.05, 3.63) is 0 Å². The fraction of sp³-hybridized carbons (Fsp3) is 0.714. The van der Waals surface area contributed by atoms with Gasteiger partial charge in [0, 0.05) is 6.42 Å². The summed E-state index contributed by atoms with van der Waals surface area (Å²) in [5, 5.41) is 43.3. The molecular formula is C7H12O7. The van der Waals surface area contributed by atoms with Crippen LogP contribution in [-0.4, -0.2) is 55.8 Å². The van der Waals surface area contributed by atoms with Crippen molar-refractivity contribution in [1.29, 1.82) is 0 Å². The standard InChI is InChI=1S/C7H12O7/c8-3(1-2-4(9)10)5(11)6(12)7(13)14/h3,5-6,8,11-12H,1-2H2,(H,9,10)(H,13,14). The number of aliphatic hydroxyl groups is 3. The molecule has 0 heterocycles. The Morgan fingerprint density at radius 1 is 1.07 bits per heavy atom. The Morgan fingerprint density at radius 3 is 1.93 bits per heavy atom. The molecule has 0 saturated heterocycles. The predicted octanol–water partition coefficient (Wildman–Crippen LogP) is -1.98. The highest BCUT2D eigenvalue weighted by atomic mass is 16.4. The predicted molar refractivity (Wildman–Crippen MR) is 42.5 cm³/mol. The van der Waals surface area contributed by atoms with Gasteiger partial charge in [0.15, 0.2) is 6.10 Å². The van der Waals surface area contributed by atoms with Crippen LogP contribution < -0.4 is 0 Å². The minimum Gasteiger partial charge on any atom is -0.481 e. The maximum atomic E-state index is 10.1. The highest BCUT2D eigenvalue weighted by molar-refractivity contribution is 5.72. The van der Waals surface area contributed by atoms with Gasteiger partial charge in [-0.2, -0.15) is 0 Å². The Bertz CT molecular complexity index is 214. The molecule has 5 N–H and O–H groups in total. The van der Waals surface area contributed by atoms with Crippen LogP contribution in [0, 0.1) is 0 Å². The average Bonchev–Trinajstić information content (AvgIpc) is 2.11. The third-order valence-electron chi connectivity index (χ3n) is 1.62. The zero-order valence-corrected chi connectivity index (χ0v) is 7.20. The first-order valence-electron chi connectivity index (χ1n) is 3.85. The van der Waals surface area contributed by atoms with Gasteiger partial charge in [0.05, 0.1) is 6.10 Å². The normalized spacial score (nSPS) is 17.1. The molecule has 0 aliphatic rings. The zero-order chi connectivity index (χ0) is 11.3. The molecule has 0 fully saturated rings. The maximum absolute atomic E-state index is 10.1. The Kier molecular flexibility index (Phi) is 5.06. The second kappa shape index (κ2) is 5.53. The van der Waals surface area contributed by atoms with Gasteiger partial charge in [-0.1, -0.05) is 0 Å². The Hall–Kier alpha value is -1.18. The van der Waals surface area contributed by atoms with E-state index in [2.05, 4.69) is 0 Å². The summed E-state index contributed by atoms with van der Waals surface area (Å²) in [6.07, 6.45) is -6.30. The SMILES string of the molecule is O=C(O)CCC(O)C(O)C(O)C(=O)O. The minimum absolute atomic E-state index is 0.319. The highest BCUT2D eigenvalue weighted by Crippen LogP contribution is 2.06. The van der Waals surface area contributed by atoms with Gasteiger partial charge in [0.2, 0.25) is 0 Å². The first-order chi connectivity index (χ1) is 6.36. The lowest BCUT2D eigenvalue weighted by atomic mass is 10.0. The van der Waals surface area contributed by atoms with Gasteiger partial charge in [-0.25, -0.2) is 4.79 Å². The molecule has 0 spiro atoms. The van der Waals surface area contributed by atoms with Crippen molar-refractivity contribution in [2.24, 2.45) is 0 Å². The topological polar surface area (TPSA) is 135 Å². The largest absolute Gasteiger partial charge is 0.481 e. The van der Waals surface area contributed by atoms with Gasteiger partial charge in [0.25, 0.3) is 0 Å². The third-order valence-corrected chi connectivity index (χ3v) is 1.62. The second-order valence-electron chi connectivity index (χ2n) is 2.77. The summed E-state index contributed by atoms with van der Waals surface area (Å²) < 4.78 is 0. The van der Waals surface area contributed by atoms with Crippen molar-refractivity contribution >= 4 is 11.9 Å². The van der Waals surface area contributed by atoms with Crippen molar-refractivity contribution in [2.75, 3.05) is 0 Å². The van der Waals surface area contributed by atoms with E-state index in [9.17, 15) is 9.59 Å². The molecule has 7 nitrogen and oxygen atoms in total. The first kappa shape index (κ1) is 12.8. The van der Waals surface area contributed by atoms with E-state index in [0.29, 0.717) is 0 Å². The van der Waals surface area contributed by atoms with Crippen molar-refractivity contribution < 1.29 is 35.1 Å². The lowest BCUT2D eigenvalue weighted by Crippen LogP contribution is -2.42. The molecule has 0 aliphatic carbocycles. The summed E-state index contributed by atoms with van der Waals surface area (Å²) in [5.74, 6) is -2.85. The smallest absolute Gasteiger partial charge is 0.335 e. The molecule has 7 heteroatoms. The van der Waals surface area contributed by atoms with Crippen LogP contribution in [0.3, 0.4) is 0 Å². The molecule has 0 aromatic rings. The molecule has 0 aromatic carbocycles. The van der Waals surface area contributed by atoms with E-state index in [4.69, 9.17) is 25.5 Å². The lowest BCUT2D eigenvalue weighted by molar-refractivity contribution is -0.158. The summed E-state index contributed by atoms with van der Waals surface area (Å²) >= 11 is 0. The monoisotopic (exact) mass is 208 g/mol. The maximum Gasteiger partial charge on any atom is 0.335 e. The van der Waals surface area contributed by atoms with Gasteiger partial charge in [0.1, 0.15) is 6.10 Å². The van der Waals surface area contributed by atoms with E-state index >= 15 is 0 Å². The Labute approximate surface area is 79.2 Å². The van der Waals surface area contributed by atoms with E-state index in [0.717, 1.165) is 0 Å². The summed E-state index contributed by atoms with van der Waals surface area (Å²) in [4.78, 5) is 20.2. The van der Waals surface area contributed by atoms with Crippen LogP contribution in [0.15, 0.2) is 0 Å². The van der Waals surface area contributed by atoms with E-state index in [1.54, 1.807) is 0 Å².